The normalized spacial score (nSPS) is 20.7. The predicted molar refractivity (Wildman–Crippen MR) is 244 cm³/mol. The quantitative estimate of drug-likeness (QED) is 0.127. The zero-order chi connectivity index (χ0) is 38.0. The molecule has 0 N–H and O–H groups in total. The third-order valence-electron chi connectivity index (χ3n) is 14.7. The van der Waals surface area contributed by atoms with E-state index in [4.69, 9.17) is 17.0 Å². The van der Waals surface area contributed by atoms with Crippen LogP contribution in [0, 0.1) is 11.8 Å². The summed E-state index contributed by atoms with van der Waals surface area (Å²) in [4.78, 5) is 0. The molecular weight excluding hydrogens is 815 g/mol. The van der Waals surface area contributed by atoms with Gasteiger partial charge in [0.15, 0.2) is 0 Å². The number of hydrogen-bond acceptors (Lipinski definition) is 0. The maximum absolute atomic E-state index is 9.10. The van der Waals surface area contributed by atoms with Crippen molar-refractivity contribution < 1.29 is 15.6 Å². The number of halogens is 2. The number of benzene rings is 6. The monoisotopic (exact) mass is 865 g/mol. The topological polar surface area (TPSA) is 0 Å². The van der Waals surface area contributed by atoms with Gasteiger partial charge in [0.05, 0.1) is 0 Å². The summed E-state index contributed by atoms with van der Waals surface area (Å²) in [6.07, 6.45) is 18.1. The number of rotatable bonds is 9. The Labute approximate surface area is 342 Å². The summed E-state index contributed by atoms with van der Waals surface area (Å²) in [7, 11) is 18.2. The van der Waals surface area contributed by atoms with Crippen LogP contribution in [0.25, 0.3) is 56.0 Å². The average molecular weight is 868 g/mol. The van der Waals surface area contributed by atoms with Gasteiger partial charge < -0.3 is 0 Å². The molecule has 4 aliphatic carbocycles. The fourth-order valence-electron chi connectivity index (χ4n) is 11.9. The molecule has 0 radical (unpaired) electrons. The van der Waals surface area contributed by atoms with Crippen molar-refractivity contribution in [3.8, 4) is 22.3 Å². The molecule has 2 unspecified atom stereocenters. The van der Waals surface area contributed by atoms with Crippen LogP contribution in [0.4, 0.5) is 0 Å². The van der Waals surface area contributed by atoms with Crippen molar-refractivity contribution in [2.24, 2.45) is 11.8 Å². The van der Waals surface area contributed by atoms with Crippen LogP contribution in [0.2, 0.25) is 13.1 Å². The van der Waals surface area contributed by atoms with Gasteiger partial charge in [0.2, 0.25) is 0 Å². The molecule has 0 saturated heterocycles. The average Bonchev–Trinajstić information content (AvgIpc) is 4.05. The molecule has 0 nitrogen and oxygen atoms in total. The Bertz CT molecular complexity index is 2370. The maximum atomic E-state index is 9.10. The van der Waals surface area contributed by atoms with Gasteiger partial charge in [0, 0.05) is 0 Å². The second kappa shape index (κ2) is 14.7. The van der Waals surface area contributed by atoms with Gasteiger partial charge in [-0.25, -0.2) is 0 Å². The summed E-state index contributed by atoms with van der Waals surface area (Å²) in [5.74, 6) is -0.290. The molecule has 0 bridgehead atoms. The second-order valence-electron chi connectivity index (χ2n) is 18.1. The molecule has 6 aromatic carbocycles. The van der Waals surface area contributed by atoms with Gasteiger partial charge in [-0.3, -0.25) is 0 Å². The Morgan fingerprint density at radius 2 is 0.857 bits per heavy atom. The van der Waals surface area contributed by atoms with Crippen molar-refractivity contribution >= 4 is 56.6 Å². The second-order valence-corrected chi connectivity index (χ2v) is 60.6. The molecular formula is C52H53Cl2SiZr. The molecule has 10 rings (SSSR count). The van der Waals surface area contributed by atoms with Crippen LogP contribution in [0.3, 0.4) is 0 Å². The van der Waals surface area contributed by atoms with Crippen molar-refractivity contribution in [1.29, 1.82) is 0 Å². The van der Waals surface area contributed by atoms with Crippen LogP contribution in [0.15, 0.2) is 132 Å². The van der Waals surface area contributed by atoms with Crippen LogP contribution in [0.5, 0.6) is 0 Å². The molecule has 4 heteroatoms. The minimum absolute atomic E-state index is 0.112. The van der Waals surface area contributed by atoms with E-state index in [0.717, 1.165) is 12.8 Å². The molecule has 56 heavy (non-hydrogen) atoms. The van der Waals surface area contributed by atoms with Gasteiger partial charge in [0.1, 0.15) is 0 Å². The summed E-state index contributed by atoms with van der Waals surface area (Å²) in [5.41, 5.74) is 14.0. The SMILES string of the molecule is C[SiH](C)[Zr]([Cl])([Cl])([CH]1C(CC2CCCC2)=Cc2c(-c3cccc4ccccc34)cccc21)[CH]1C(CC2CCCC2)=Cc2c(-c3cccc4ccccc34)cccc21. The predicted octanol–water partition coefficient (Wildman–Crippen LogP) is 16.0. The first-order valence-electron chi connectivity index (χ1n) is 21.5. The van der Waals surface area contributed by atoms with Crippen LogP contribution in [-0.2, 0) is 15.6 Å². The van der Waals surface area contributed by atoms with Crippen molar-refractivity contribution in [2.45, 2.75) is 84.6 Å². The van der Waals surface area contributed by atoms with E-state index in [1.165, 1.54) is 117 Å². The summed E-state index contributed by atoms with van der Waals surface area (Å²) in [5, 5.41) is 5.19. The molecule has 2 fully saturated rings. The molecule has 0 aliphatic heterocycles. The molecule has 2 atom stereocenters. The van der Waals surface area contributed by atoms with Crippen LogP contribution in [-0.4, -0.2) is 5.92 Å². The van der Waals surface area contributed by atoms with Gasteiger partial charge in [-0.1, -0.05) is 0 Å². The first kappa shape index (κ1) is 37.3. The van der Waals surface area contributed by atoms with Gasteiger partial charge in [-0.2, -0.15) is 0 Å². The van der Waals surface area contributed by atoms with E-state index < -0.39 is 21.5 Å². The fraction of sp³-hybridized carbons (Fsp3) is 0.308. The Morgan fingerprint density at radius 3 is 1.29 bits per heavy atom. The zero-order valence-electron chi connectivity index (χ0n) is 32.9. The van der Waals surface area contributed by atoms with E-state index >= 15 is 0 Å². The number of hydrogen-bond donors (Lipinski definition) is 0. The third-order valence-corrected chi connectivity index (χ3v) is 66.5. The van der Waals surface area contributed by atoms with E-state index in [0.29, 0.717) is 11.8 Å². The third kappa shape index (κ3) is 6.06. The summed E-state index contributed by atoms with van der Waals surface area (Å²) in [6.45, 7) is 5.06. The minimum atomic E-state index is -5.02. The zero-order valence-corrected chi connectivity index (χ0v) is 38.0. The van der Waals surface area contributed by atoms with Gasteiger partial charge >= 0.3 is 346 Å². The summed E-state index contributed by atoms with van der Waals surface area (Å²) >= 11 is -5.02. The standard InChI is InChI=1S/2C25H23.C2H7Si.2ClH.Zr/c2*1-2-8-18(7-1)15-19-16-21-11-6-14-24(25(21)17-19)23-13-5-10-20-9-3-4-12-22(20)23;1-3-2;;;/h2*3-6,9-14,16-18H,1-2,7-8,15H2;3H,1-2H3;2*1H;/q;;;;;+2/p-2. The molecule has 4 aliphatic rings. The van der Waals surface area contributed by atoms with E-state index in [9.17, 15) is 0 Å². The van der Waals surface area contributed by atoms with Crippen LogP contribution in [0.1, 0.15) is 93.7 Å². The Kier molecular flexibility index (Phi) is 9.77. The summed E-state index contributed by atoms with van der Waals surface area (Å²) < 4.78 is 0.224. The van der Waals surface area contributed by atoms with Crippen molar-refractivity contribution in [3.63, 3.8) is 0 Å². The molecule has 6 aromatic rings. The van der Waals surface area contributed by atoms with E-state index in [-0.39, 0.29) is 7.25 Å². The Balaban J connectivity index is 1.20. The van der Waals surface area contributed by atoms with E-state index in [1.807, 2.05) is 0 Å². The van der Waals surface area contributed by atoms with E-state index in [1.54, 1.807) is 11.1 Å². The van der Waals surface area contributed by atoms with Gasteiger partial charge in [-0.15, -0.1) is 0 Å². The molecule has 0 heterocycles. The molecule has 0 spiro atoms. The molecule has 0 aromatic heterocycles. The van der Waals surface area contributed by atoms with Crippen molar-refractivity contribution in [2.75, 3.05) is 0 Å². The van der Waals surface area contributed by atoms with Crippen molar-refractivity contribution in [1.82, 2.24) is 0 Å². The van der Waals surface area contributed by atoms with Crippen LogP contribution >= 0.6 is 17.0 Å². The van der Waals surface area contributed by atoms with Crippen LogP contribution < -0.4 is 0 Å². The van der Waals surface area contributed by atoms with Gasteiger partial charge in [-0.05, 0) is 0 Å². The first-order valence-corrected chi connectivity index (χ1v) is 37.8. The Hall–Kier alpha value is -3.00. The molecule has 283 valence electrons. The van der Waals surface area contributed by atoms with E-state index in [2.05, 4.69) is 147 Å². The van der Waals surface area contributed by atoms with Gasteiger partial charge in [0.25, 0.3) is 0 Å². The molecule has 0 amide bonds. The molecule has 2 saturated carbocycles. The first-order chi connectivity index (χ1) is 27.3. The van der Waals surface area contributed by atoms with Crippen molar-refractivity contribution in [3.05, 3.63) is 155 Å². The fourth-order valence-corrected chi connectivity index (χ4v) is 43.3. The Morgan fingerprint density at radius 1 is 0.482 bits per heavy atom. The summed E-state index contributed by atoms with van der Waals surface area (Å²) in [6, 6.07) is 45.5. The number of fused-ring (bicyclic) bond motifs is 4. The number of allylic oxidation sites excluding steroid dienone is 2.